The molecule has 0 atom stereocenters. The van der Waals surface area contributed by atoms with Gasteiger partial charge in [0.2, 0.25) is 11.8 Å². The number of carbonyl (C=O) groups excluding carboxylic acids is 2. The van der Waals surface area contributed by atoms with Gasteiger partial charge in [0.25, 0.3) is 0 Å². The number of nitrogens with one attached hydrogen (secondary N) is 2. The Labute approximate surface area is 204 Å². The summed E-state index contributed by atoms with van der Waals surface area (Å²) in [5.41, 5.74) is 5.45. The molecule has 7 heteroatoms. The summed E-state index contributed by atoms with van der Waals surface area (Å²) in [7, 11) is 0. The van der Waals surface area contributed by atoms with Crippen LogP contribution in [0, 0.1) is 33.5 Å². The molecule has 2 N–H and O–H groups in total. The number of aryl methyl sites for hydroxylation is 4. The lowest BCUT2D eigenvalue weighted by molar-refractivity contribution is -0.120. The van der Waals surface area contributed by atoms with Gasteiger partial charge in [-0.05, 0) is 62.1 Å². The predicted octanol–water partition coefficient (Wildman–Crippen LogP) is 5.79. The highest BCUT2D eigenvalue weighted by Crippen LogP contribution is 2.23. The summed E-state index contributed by atoms with van der Waals surface area (Å²) in [6.45, 7) is 7.44. The van der Waals surface area contributed by atoms with Gasteiger partial charge in [-0.3, -0.25) is 14.5 Å². The zero-order valence-electron chi connectivity index (χ0n) is 19.8. The van der Waals surface area contributed by atoms with Crippen molar-refractivity contribution < 1.29 is 14.0 Å². The third-order valence-corrected chi connectivity index (χ3v) is 6.02. The number of halogens is 2. The van der Waals surface area contributed by atoms with Crippen LogP contribution in [0.2, 0.25) is 5.02 Å². The third-order valence-electron chi connectivity index (χ3n) is 5.67. The number of hydrogen-bond acceptors (Lipinski definition) is 3. The topological polar surface area (TPSA) is 61.4 Å². The Morgan fingerprint density at radius 1 is 0.765 bits per heavy atom. The number of anilines is 2. The molecular formula is C27H29ClFN3O2. The molecule has 0 fully saturated rings. The van der Waals surface area contributed by atoms with Crippen LogP contribution >= 0.6 is 11.6 Å². The second-order valence-corrected chi connectivity index (χ2v) is 8.88. The van der Waals surface area contributed by atoms with Gasteiger partial charge in [-0.1, -0.05) is 54.1 Å². The van der Waals surface area contributed by atoms with Crippen LogP contribution in [0.15, 0.2) is 54.6 Å². The van der Waals surface area contributed by atoms with Crippen LogP contribution in [-0.4, -0.2) is 29.8 Å². The average Bonchev–Trinajstić information content (AvgIpc) is 2.76. The number of benzene rings is 3. The van der Waals surface area contributed by atoms with Crippen molar-refractivity contribution in [1.82, 2.24) is 4.90 Å². The summed E-state index contributed by atoms with van der Waals surface area (Å²) in [4.78, 5) is 27.4. The van der Waals surface area contributed by atoms with Gasteiger partial charge < -0.3 is 10.6 Å². The van der Waals surface area contributed by atoms with E-state index in [0.717, 1.165) is 33.6 Å². The molecule has 3 aromatic rings. The highest BCUT2D eigenvalue weighted by Gasteiger charge is 2.20. The maximum Gasteiger partial charge on any atom is 0.238 e. The molecule has 0 unspecified atom stereocenters. The van der Waals surface area contributed by atoms with E-state index in [2.05, 4.69) is 10.6 Å². The minimum Gasteiger partial charge on any atom is -0.324 e. The van der Waals surface area contributed by atoms with Crippen LogP contribution in [0.25, 0.3) is 0 Å². The molecule has 5 nitrogen and oxygen atoms in total. The molecule has 0 bridgehead atoms. The van der Waals surface area contributed by atoms with Crippen molar-refractivity contribution >= 4 is 34.8 Å². The van der Waals surface area contributed by atoms with Crippen LogP contribution in [0.3, 0.4) is 0 Å². The van der Waals surface area contributed by atoms with Crippen LogP contribution < -0.4 is 10.6 Å². The standard InChI is InChI=1S/C27H29ClFN3O2/c1-17-8-5-9-18(2)26(17)30-24(33)15-32(14-21-22(28)12-7-13-23(21)29)16-25(34)31-27-19(3)10-6-11-20(27)4/h5-13H,14-16H2,1-4H3,(H,30,33)(H,31,34). The zero-order valence-corrected chi connectivity index (χ0v) is 20.6. The smallest absolute Gasteiger partial charge is 0.238 e. The molecule has 0 saturated heterocycles. The van der Waals surface area contributed by atoms with E-state index in [1.165, 1.54) is 12.1 Å². The lowest BCUT2D eigenvalue weighted by atomic mass is 10.1. The largest absolute Gasteiger partial charge is 0.324 e. The molecule has 0 aromatic heterocycles. The van der Waals surface area contributed by atoms with Crippen LogP contribution in [-0.2, 0) is 16.1 Å². The molecule has 178 valence electrons. The van der Waals surface area contributed by atoms with Crippen molar-refractivity contribution in [1.29, 1.82) is 0 Å². The number of nitrogens with zero attached hydrogens (tertiary/aromatic N) is 1. The van der Waals surface area contributed by atoms with Gasteiger partial charge >= 0.3 is 0 Å². The highest BCUT2D eigenvalue weighted by molar-refractivity contribution is 6.31. The Kier molecular flexibility index (Phi) is 8.42. The minimum atomic E-state index is -0.484. The van der Waals surface area contributed by atoms with E-state index >= 15 is 0 Å². The molecular weight excluding hydrogens is 453 g/mol. The first-order chi connectivity index (χ1) is 16.2. The number of amides is 2. The fourth-order valence-electron chi connectivity index (χ4n) is 3.86. The van der Waals surface area contributed by atoms with E-state index in [4.69, 9.17) is 11.6 Å². The van der Waals surface area contributed by atoms with Crippen LogP contribution in [0.1, 0.15) is 27.8 Å². The van der Waals surface area contributed by atoms with Gasteiger partial charge in [-0.25, -0.2) is 4.39 Å². The SMILES string of the molecule is Cc1cccc(C)c1NC(=O)CN(CC(=O)Nc1c(C)cccc1C)Cc1c(F)cccc1Cl. The number of para-hydroxylation sites is 2. The molecule has 0 saturated carbocycles. The molecule has 0 radical (unpaired) electrons. The molecule has 0 aliphatic heterocycles. The van der Waals surface area contributed by atoms with Crippen molar-refractivity contribution in [3.8, 4) is 0 Å². The maximum absolute atomic E-state index is 14.5. The summed E-state index contributed by atoms with van der Waals surface area (Å²) in [5, 5.41) is 6.10. The van der Waals surface area contributed by atoms with Crippen molar-refractivity contribution in [2.45, 2.75) is 34.2 Å². The van der Waals surface area contributed by atoms with Gasteiger partial charge in [0, 0.05) is 28.5 Å². The first kappa shape index (κ1) is 25.4. The Morgan fingerprint density at radius 3 is 1.59 bits per heavy atom. The molecule has 34 heavy (non-hydrogen) atoms. The van der Waals surface area contributed by atoms with Gasteiger partial charge in [0.15, 0.2) is 0 Å². The lowest BCUT2D eigenvalue weighted by Crippen LogP contribution is -2.39. The predicted molar refractivity (Wildman–Crippen MR) is 136 cm³/mol. The second-order valence-electron chi connectivity index (χ2n) is 8.48. The van der Waals surface area contributed by atoms with E-state index < -0.39 is 5.82 Å². The molecule has 0 spiro atoms. The molecule has 0 aliphatic rings. The third kappa shape index (κ3) is 6.43. The minimum absolute atomic E-state index is 0.00581. The molecule has 3 rings (SSSR count). The van der Waals surface area contributed by atoms with Crippen molar-refractivity contribution in [2.75, 3.05) is 23.7 Å². The molecule has 0 aliphatic carbocycles. The zero-order chi connectivity index (χ0) is 24.8. The van der Waals surface area contributed by atoms with E-state index in [1.54, 1.807) is 11.0 Å². The van der Waals surface area contributed by atoms with E-state index in [-0.39, 0.29) is 42.0 Å². The van der Waals surface area contributed by atoms with E-state index in [1.807, 2.05) is 64.1 Å². The Morgan fingerprint density at radius 2 is 1.18 bits per heavy atom. The van der Waals surface area contributed by atoms with Gasteiger partial charge in [0.05, 0.1) is 13.1 Å². The van der Waals surface area contributed by atoms with Crippen LogP contribution in [0.5, 0.6) is 0 Å². The highest BCUT2D eigenvalue weighted by atomic mass is 35.5. The van der Waals surface area contributed by atoms with E-state index in [0.29, 0.717) is 0 Å². The lowest BCUT2D eigenvalue weighted by Gasteiger charge is -2.23. The average molecular weight is 482 g/mol. The molecule has 3 aromatic carbocycles. The Balaban J connectivity index is 1.80. The second kappa shape index (κ2) is 11.3. The Bertz CT molecular complexity index is 1080. The number of hydrogen-bond donors (Lipinski definition) is 2. The van der Waals surface area contributed by atoms with Gasteiger partial charge in [-0.15, -0.1) is 0 Å². The molecule has 2 amide bonds. The fourth-order valence-corrected chi connectivity index (χ4v) is 4.08. The normalized spacial score (nSPS) is 10.9. The summed E-state index contributed by atoms with van der Waals surface area (Å²) >= 11 is 6.22. The van der Waals surface area contributed by atoms with E-state index in [9.17, 15) is 14.0 Å². The quantitative estimate of drug-likeness (QED) is 0.428. The van der Waals surface area contributed by atoms with Crippen LogP contribution in [0.4, 0.5) is 15.8 Å². The number of rotatable bonds is 8. The Hall–Kier alpha value is -3.22. The fraction of sp³-hybridized carbons (Fsp3) is 0.259. The maximum atomic E-state index is 14.5. The summed E-state index contributed by atoms with van der Waals surface area (Å²) < 4.78 is 14.5. The van der Waals surface area contributed by atoms with Crippen molar-refractivity contribution in [2.24, 2.45) is 0 Å². The van der Waals surface area contributed by atoms with Gasteiger partial charge in [0.1, 0.15) is 5.82 Å². The summed E-state index contributed by atoms with van der Waals surface area (Å²) in [6.07, 6.45) is 0. The summed E-state index contributed by atoms with van der Waals surface area (Å²) in [6, 6.07) is 15.9. The first-order valence-electron chi connectivity index (χ1n) is 11.0. The monoisotopic (exact) mass is 481 g/mol. The van der Waals surface area contributed by atoms with Crippen molar-refractivity contribution in [3.05, 3.63) is 93.3 Å². The number of carbonyl (C=O) groups is 2. The van der Waals surface area contributed by atoms with Crippen molar-refractivity contribution in [3.63, 3.8) is 0 Å². The molecule has 0 heterocycles. The van der Waals surface area contributed by atoms with Gasteiger partial charge in [-0.2, -0.15) is 0 Å². The first-order valence-corrected chi connectivity index (χ1v) is 11.4. The summed E-state index contributed by atoms with van der Waals surface area (Å²) in [5.74, 6) is -1.09.